The Bertz CT molecular complexity index is 1190. The smallest absolute Gasteiger partial charge is 0.337 e. The largest absolute Gasteiger partial charge is 0.465 e. The van der Waals surface area contributed by atoms with Gasteiger partial charge in [0.25, 0.3) is 0 Å². The first-order valence-corrected chi connectivity index (χ1v) is 11.0. The minimum absolute atomic E-state index is 0.0693. The summed E-state index contributed by atoms with van der Waals surface area (Å²) in [6.07, 6.45) is 5.03. The summed E-state index contributed by atoms with van der Waals surface area (Å²) in [5.74, 6) is 0.372. The van der Waals surface area contributed by atoms with Crippen LogP contribution in [0.2, 0.25) is 0 Å². The van der Waals surface area contributed by atoms with E-state index < -0.39 is 5.97 Å². The lowest BCUT2D eigenvalue weighted by atomic mass is 10.1. The molecule has 30 heavy (non-hydrogen) atoms. The summed E-state index contributed by atoms with van der Waals surface area (Å²) >= 11 is 1.67. The van der Waals surface area contributed by atoms with Crippen LogP contribution in [0.1, 0.15) is 47.0 Å². The molecule has 0 N–H and O–H groups in total. The van der Waals surface area contributed by atoms with Crippen molar-refractivity contribution in [1.29, 1.82) is 0 Å². The first-order valence-electron chi connectivity index (χ1n) is 10.2. The van der Waals surface area contributed by atoms with E-state index in [-0.39, 0.29) is 5.83 Å². The highest BCUT2D eigenvalue weighted by atomic mass is 32.1. The van der Waals surface area contributed by atoms with Crippen LogP contribution in [0.3, 0.4) is 0 Å². The van der Waals surface area contributed by atoms with Crippen molar-refractivity contribution in [2.24, 2.45) is 0 Å². The molecular formula is C23H22FN3O2S. The minimum atomic E-state index is -0.390. The molecule has 2 aliphatic rings. The molecule has 3 heterocycles. The second-order valence-electron chi connectivity index (χ2n) is 7.86. The number of anilines is 1. The monoisotopic (exact) mass is 423 g/mol. The van der Waals surface area contributed by atoms with Crippen LogP contribution in [0, 0.1) is 0 Å². The van der Waals surface area contributed by atoms with Gasteiger partial charge < -0.3 is 9.64 Å². The van der Waals surface area contributed by atoms with Crippen LogP contribution in [-0.2, 0) is 11.2 Å². The molecule has 0 bridgehead atoms. The highest BCUT2D eigenvalue weighted by Crippen LogP contribution is 2.41. The van der Waals surface area contributed by atoms with Crippen LogP contribution in [-0.4, -0.2) is 35.6 Å². The standard InChI is InChI=1S/C23H22FN3O2S/c1-13-4-3-9-27(13)22-21(20-12-15-10-16(24)6-8-19(15)30-20)25-17-7-5-14(23(28)29-2)11-18(17)26-22/h5,7,10-13H,3-4,6,8-9H2,1-2H3/t13-/m0/s1. The summed E-state index contributed by atoms with van der Waals surface area (Å²) in [6, 6.07) is 7.65. The van der Waals surface area contributed by atoms with Gasteiger partial charge in [0.1, 0.15) is 11.5 Å². The van der Waals surface area contributed by atoms with Gasteiger partial charge in [-0.05, 0) is 62.1 Å². The molecular weight excluding hydrogens is 401 g/mol. The molecule has 1 aromatic carbocycles. The number of aromatic nitrogens is 2. The number of halogens is 1. The number of carbonyl (C=O) groups is 1. The average molecular weight is 424 g/mol. The molecule has 2 aromatic heterocycles. The van der Waals surface area contributed by atoms with Gasteiger partial charge in [-0.3, -0.25) is 0 Å². The third-order valence-corrected chi connectivity index (χ3v) is 7.09. The molecule has 0 spiro atoms. The van der Waals surface area contributed by atoms with Crippen molar-refractivity contribution in [2.45, 2.75) is 38.6 Å². The Kier molecular flexibility index (Phi) is 4.77. The van der Waals surface area contributed by atoms with Crippen molar-refractivity contribution in [3.63, 3.8) is 0 Å². The molecule has 5 nitrogen and oxygen atoms in total. The number of esters is 1. The summed E-state index contributed by atoms with van der Waals surface area (Å²) in [5, 5.41) is 0. The molecule has 154 valence electrons. The third-order valence-electron chi connectivity index (χ3n) is 5.87. The van der Waals surface area contributed by atoms with Gasteiger partial charge in [-0.15, -0.1) is 11.3 Å². The van der Waals surface area contributed by atoms with Gasteiger partial charge in [0.2, 0.25) is 0 Å². The lowest BCUT2D eigenvalue weighted by Gasteiger charge is -2.24. The number of aryl methyl sites for hydroxylation is 1. The number of nitrogens with zero attached hydrogens (tertiary/aromatic N) is 3. The zero-order chi connectivity index (χ0) is 20.8. The number of hydrogen-bond acceptors (Lipinski definition) is 6. The molecule has 1 saturated heterocycles. The van der Waals surface area contributed by atoms with Crippen LogP contribution in [0.25, 0.3) is 27.7 Å². The number of allylic oxidation sites excluding steroid dienone is 1. The van der Waals surface area contributed by atoms with Gasteiger partial charge in [0.15, 0.2) is 5.82 Å². The molecule has 5 rings (SSSR count). The predicted molar refractivity (Wildman–Crippen MR) is 118 cm³/mol. The number of thiophene rings is 1. The molecule has 1 atom stereocenters. The molecule has 0 radical (unpaired) electrons. The van der Waals surface area contributed by atoms with Crippen LogP contribution < -0.4 is 4.90 Å². The Morgan fingerprint density at radius 3 is 2.87 bits per heavy atom. The Balaban J connectivity index is 1.69. The van der Waals surface area contributed by atoms with E-state index in [1.54, 1.807) is 29.5 Å². The Morgan fingerprint density at radius 1 is 1.23 bits per heavy atom. The van der Waals surface area contributed by atoms with E-state index in [2.05, 4.69) is 11.8 Å². The molecule has 1 fully saturated rings. The summed E-state index contributed by atoms with van der Waals surface area (Å²) in [5.41, 5.74) is 3.63. The van der Waals surface area contributed by atoms with Gasteiger partial charge >= 0.3 is 5.97 Å². The van der Waals surface area contributed by atoms with Crippen molar-refractivity contribution in [3.8, 4) is 10.6 Å². The maximum absolute atomic E-state index is 13.8. The maximum atomic E-state index is 13.8. The van der Waals surface area contributed by atoms with Gasteiger partial charge in [0, 0.05) is 23.9 Å². The van der Waals surface area contributed by atoms with E-state index >= 15 is 0 Å². The van der Waals surface area contributed by atoms with Crippen LogP contribution >= 0.6 is 11.3 Å². The zero-order valence-corrected chi connectivity index (χ0v) is 17.8. The minimum Gasteiger partial charge on any atom is -0.465 e. The van der Waals surface area contributed by atoms with E-state index in [4.69, 9.17) is 14.7 Å². The first-order chi connectivity index (χ1) is 14.5. The summed E-state index contributed by atoms with van der Waals surface area (Å²) in [7, 11) is 1.37. The number of rotatable bonds is 3. The van der Waals surface area contributed by atoms with Crippen LogP contribution in [0.15, 0.2) is 30.1 Å². The van der Waals surface area contributed by atoms with Crippen molar-refractivity contribution in [1.82, 2.24) is 9.97 Å². The van der Waals surface area contributed by atoms with E-state index in [0.717, 1.165) is 53.3 Å². The number of hydrogen-bond donors (Lipinski definition) is 0. The van der Waals surface area contributed by atoms with Crippen molar-refractivity contribution in [2.75, 3.05) is 18.6 Å². The molecule has 3 aromatic rings. The van der Waals surface area contributed by atoms with Gasteiger partial charge in [-0.2, -0.15) is 0 Å². The SMILES string of the molecule is COC(=O)c1ccc2nc(-c3cc4c(s3)CCC(F)=C4)c(N3CCC[C@@H]3C)nc2c1. The Hall–Kier alpha value is -2.80. The first kappa shape index (κ1) is 19.2. The number of fused-ring (bicyclic) bond motifs is 2. The number of benzene rings is 1. The maximum Gasteiger partial charge on any atom is 0.337 e. The van der Waals surface area contributed by atoms with E-state index in [1.807, 2.05) is 12.1 Å². The Morgan fingerprint density at radius 2 is 2.10 bits per heavy atom. The molecule has 0 amide bonds. The van der Waals surface area contributed by atoms with Crippen LogP contribution in [0.5, 0.6) is 0 Å². The van der Waals surface area contributed by atoms with Crippen molar-refractivity contribution < 1.29 is 13.9 Å². The summed E-state index contributed by atoms with van der Waals surface area (Å²) < 4.78 is 18.6. The highest BCUT2D eigenvalue weighted by molar-refractivity contribution is 7.15. The normalized spacial score (nSPS) is 18.4. The van der Waals surface area contributed by atoms with E-state index in [9.17, 15) is 9.18 Å². The van der Waals surface area contributed by atoms with Crippen molar-refractivity contribution >= 4 is 40.2 Å². The summed E-state index contributed by atoms with van der Waals surface area (Å²) in [4.78, 5) is 26.4. The predicted octanol–water partition coefficient (Wildman–Crippen LogP) is 5.39. The van der Waals surface area contributed by atoms with Gasteiger partial charge in [-0.1, -0.05) is 0 Å². The van der Waals surface area contributed by atoms with Crippen molar-refractivity contribution in [3.05, 3.63) is 46.1 Å². The van der Waals surface area contributed by atoms with Gasteiger partial charge in [0.05, 0.1) is 28.6 Å². The van der Waals surface area contributed by atoms with E-state index in [0.29, 0.717) is 23.5 Å². The van der Waals surface area contributed by atoms with Gasteiger partial charge in [-0.25, -0.2) is 19.2 Å². The third kappa shape index (κ3) is 3.27. The number of carbonyl (C=O) groups excluding carboxylic acids is 1. The molecule has 7 heteroatoms. The summed E-state index contributed by atoms with van der Waals surface area (Å²) in [6.45, 7) is 3.12. The fourth-order valence-electron chi connectivity index (χ4n) is 4.25. The topological polar surface area (TPSA) is 55.3 Å². The lowest BCUT2D eigenvalue weighted by molar-refractivity contribution is 0.0601. The fourth-order valence-corrected chi connectivity index (χ4v) is 5.38. The molecule has 0 unspecified atom stereocenters. The lowest BCUT2D eigenvalue weighted by Crippen LogP contribution is -2.28. The molecule has 0 saturated carbocycles. The average Bonchev–Trinajstić information content (AvgIpc) is 3.37. The number of methoxy groups -OCH3 is 1. The fraction of sp³-hybridized carbons (Fsp3) is 0.348. The quantitative estimate of drug-likeness (QED) is 0.529. The van der Waals surface area contributed by atoms with Crippen LogP contribution in [0.4, 0.5) is 10.2 Å². The highest BCUT2D eigenvalue weighted by Gasteiger charge is 2.27. The number of ether oxygens (including phenoxy) is 1. The molecule has 1 aliphatic heterocycles. The zero-order valence-electron chi connectivity index (χ0n) is 16.9. The molecule has 1 aliphatic carbocycles. The second-order valence-corrected chi connectivity index (χ2v) is 8.99. The Labute approximate surface area is 178 Å². The van der Waals surface area contributed by atoms with E-state index in [1.165, 1.54) is 12.0 Å². The second kappa shape index (κ2) is 7.47.